The van der Waals surface area contributed by atoms with E-state index in [0.717, 1.165) is 58.3 Å². The molecule has 15 heteroatoms. The van der Waals surface area contributed by atoms with Gasteiger partial charge in [-0.25, -0.2) is 18.4 Å². The van der Waals surface area contributed by atoms with Crippen LogP contribution in [0.3, 0.4) is 0 Å². The molecule has 5 atom stereocenters. The Bertz CT molecular complexity index is 2500. The van der Waals surface area contributed by atoms with Gasteiger partial charge in [-0.1, -0.05) is 68.1 Å². The highest BCUT2D eigenvalue weighted by molar-refractivity contribution is 7.90. The van der Waals surface area contributed by atoms with Gasteiger partial charge in [0.15, 0.2) is 5.78 Å². The van der Waals surface area contributed by atoms with Crippen molar-refractivity contribution in [3.8, 4) is 22.3 Å². The molecule has 1 N–H and O–H groups in total. The van der Waals surface area contributed by atoms with Crippen molar-refractivity contribution in [3.05, 3.63) is 80.8 Å². The molecule has 0 radical (unpaired) electrons. The molecule has 2 aliphatic heterocycles. The van der Waals surface area contributed by atoms with Crippen molar-refractivity contribution in [3.63, 3.8) is 0 Å². The molecule has 3 fully saturated rings. The fraction of sp³-hybridized carbons (Fsp3) is 0.500. The van der Waals surface area contributed by atoms with Crippen molar-refractivity contribution in [1.29, 1.82) is 0 Å². The van der Waals surface area contributed by atoms with E-state index in [9.17, 15) is 18.0 Å². The van der Waals surface area contributed by atoms with Crippen LogP contribution < -0.4 is 14.2 Å². The summed E-state index contributed by atoms with van der Waals surface area (Å²) in [5.74, 6) is -0.588. The molecule has 2 amide bonds. The Labute approximate surface area is 371 Å². The van der Waals surface area contributed by atoms with Crippen molar-refractivity contribution in [2.75, 3.05) is 13.7 Å². The summed E-state index contributed by atoms with van der Waals surface area (Å²) in [6, 6.07) is 10.2. The number of allylic oxidation sites excluding steroid dienone is 2. The molecule has 0 unspecified atom stereocenters. The normalized spacial score (nSPS) is 25.4. The number of aryl methyl sites for hydroxylation is 1. The van der Waals surface area contributed by atoms with Crippen LogP contribution in [-0.2, 0) is 30.8 Å². The minimum Gasteiger partial charge on any atom is -0.496 e. The van der Waals surface area contributed by atoms with E-state index < -0.39 is 44.7 Å². The van der Waals surface area contributed by atoms with Crippen molar-refractivity contribution >= 4 is 72.9 Å². The van der Waals surface area contributed by atoms with E-state index in [0.29, 0.717) is 59.5 Å². The third kappa shape index (κ3) is 9.22. The highest BCUT2D eigenvalue weighted by atomic mass is 35.5. The Morgan fingerprint density at radius 2 is 1.84 bits per heavy atom. The second-order valence-electron chi connectivity index (χ2n) is 17.5. The second-order valence-corrected chi connectivity index (χ2v) is 21.1. The van der Waals surface area contributed by atoms with E-state index >= 15 is 4.79 Å². The molecular weight excluding hydrogens is 856 g/mol. The lowest BCUT2D eigenvalue weighted by Gasteiger charge is -2.29. The molecule has 61 heavy (non-hydrogen) atoms. The first-order valence-corrected chi connectivity index (χ1v) is 24.5. The zero-order chi connectivity index (χ0) is 43.2. The number of halogens is 2. The standard InChI is InChI=1S/C46H52Cl2N4O7S2/c1-26(2)38-25-60-43(50-38)37-21-34-27(3)41(58-4)17-15-33(34)42(49-37)59-31-20-39-40(53)23-46(45(55)51-61(56,57)32-13-14-32)22-30(46)11-9-7-5-6-8-10-29(44(54)52(39)24-31)18-28-12-16-35(47)36(48)19-28/h9,11-12,15-17,19,21,25-26,29-32,39H,5-8,10,13-14,18,20,22-24H2,1-4H3,(H,51,55)/b11-9-/t29-,30-,31-,39+,46-/m1/s1. The second kappa shape index (κ2) is 17.6. The average molecular weight is 908 g/mol. The number of pyridine rings is 1. The number of carbonyl (C=O) groups is 3. The van der Waals surface area contributed by atoms with E-state index in [2.05, 4.69) is 18.6 Å². The van der Waals surface area contributed by atoms with Crippen LogP contribution in [-0.4, -0.2) is 71.9 Å². The lowest BCUT2D eigenvalue weighted by molar-refractivity contribution is -0.142. The average Bonchev–Trinajstić information content (AvgIpc) is 4.10. The zero-order valence-corrected chi connectivity index (χ0v) is 38.1. The lowest BCUT2D eigenvalue weighted by atomic mass is 9.90. The Morgan fingerprint density at radius 3 is 2.56 bits per heavy atom. The van der Waals surface area contributed by atoms with E-state index in [1.54, 1.807) is 24.1 Å². The summed E-state index contributed by atoms with van der Waals surface area (Å²) in [7, 11) is -2.22. The predicted octanol–water partition coefficient (Wildman–Crippen LogP) is 9.41. The first kappa shape index (κ1) is 43.6. The van der Waals surface area contributed by atoms with E-state index in [1.165, 1.54) is 11.3 Å². The van der Waals surface area contributed by atoms with Gasteiger partial charge in [0.2, 0.25) is 27.7 Å². The quantitative estimate of drug-likeness (QED) is 0.154. The number of thiazole rings is 1. The van der Waals surface area contributed by atoms with Crippen LogP contribution in [0.2, 0.25) is 10.0 Å². The number of rotatable bonds is 10. The van der Waals surface area contributed by atoms with Crippen LogP contribution in [0.15, 0.2) is 53.9 Å². The van der Waals surface area contributed by atoms with E-state index in [1.807, 2.05) is 48.7 Å². The van der Waals surface area contributed by atoms with Crippen LogP contribution >= 0.6 is 34.5 Å². The van der Waals surface area contributed by atoms with Crippen LogP contribution in [0, 0.1) is 24.2 Å². The Balaban J connectivity index is 1.16. The number of carbonyl (C=O) groups excluding carboxylic acids is 3. The Kier molecular flexibility index (Phi) is 12.6. The maximum absolute atomic E-state index is 15.0. The van der Waals surface area contributed by atoms with Gasteiger partial charge in [0, 0.05) is 29.5 Å². The van der Waals surface area contributed by atoms with Crippen LogP contribution in [0.1, 0.15) is 101 Å². The van der Waals surface area contributed by atoms with Gasteiger partial charge in [-0.15, -0.1) is 11.3 Å². The largest absolute Gasteiger partial charge is 0.496 e. The van der Waals surface area contributed by atoms with Gasteiger partial charge < -0.3 is 14.4 Å². The number of sulfonamides is 1. The van der Waals surface area contributed by atoms with E-state index in [4.69, 9.17) is 42.6 Å². The van der Waals surface area contributed by atoms with Gasteiger partial charge in [-0.2, -0.15) is 0 Å². The number of ketones is 1. The number of Topliss-reactive ketones (excluding diaryl/α,β-unsaturated/α-hetero) is 1. The molecule has 0 bridgehead atoms. The molecule has 2 saturated carbocycles. The SMILES string of the molecule is COc1ccc2c(O[C@@H]3C[C@H]4C(=O)C[C@]5(C(=O)NS(=O)(=O)C6CC6)C[C@H]5/C=C\CCCCC[C@H](Cc5ccc(Cl)c(Cl)c5)C(=O)N4C3)nc(-c3nc(C(C)C)cs3)cc2c1C. The van der Waals surface area contributed by atoms with Gasteiger partial charge >= 0.3 is 0 Å². The summed E-state index contributed by atoms with van der Waals surface area (Å²) in [4.78, 5) is 55.4. The fourth-order valence-electron chi connectivity index (χ4n) is 8.94. The number of aromatic nitrogens is 2. The molecule has 2 aromatic carbocycles. The number of hydrogen-bond donors (Lipinski definition) is 1. The fourth-order valence-corrected chi connectivity index (χ4v) is 11.6. The topological polar surface area (TPSA) is 145 Å². The third-order valence-electron chi connectivity index (χ3n) is 12.8. The molecule has 324 valence electrons. The summed E-state index contributed by atoms with van der Waals surface area (Å²) in [6.45, 7) is 6.28. The number of ether oxygens (including phenoxy) is 2. The summed E-state index contributed by atoms with van der Waals surface area (Å²) < 4.78 is 40.9. The molecule has 11 nitrogen and oxygen atoms in total. The van der Waals surface area contributed by atoms with E-state index in [-0.39, 0.29) is 42.9 Å². The van der Waals surface area contributed by atoms with Crippen LogP contribution in [0.5, 0.6) is 11.6 Å². The molecule has 0 spiro atoms. The first-order chi connectivity index (χ1) is 29.2. The monoisotopic (exact) mass is 906 g/mol. The number of hydrogen-bond acceptors (Lipinski definition) is 10. The van der Waals surface area contributed by atoms with Gasteiger partial charge in [0.05, 0.1) is 46.1 Å². The lowest BCUT2D eigenvalue weighted by Crippen LogP contribution is -2.46. The minimum absolute atomic E-state index is 0.114. The first-order valence-electron chi connectivity index (χ1n) is 21.3. The summed E-state index contributed by atoms with van der Waals surface area (Å²) in [5.41, 5.74) is 2.14. The maximum atomic E-state index is 15.0. The Morgan fingerprint density at radius 1 is 1.03 bits per heavy atom. The maximum Gasteiger partial charge on any atom is 0.240 e. The van der Waals surface area contributed by atoms with Crippen LogP contribution in [0.25, 0.3) is 21.5 Å². The van der Waals surface area contributed by atoms with Crippen molar-refractivity contribution < 1.29 is 32.3 Å². The molecule has 4 aromatic rings. The van der Waals surface area contributed by atoms with Crippen molar-refractivity contribution in [2.45, 2.75) is 115 Å². The number of nitrogens with zero attached hydrogens (tertiary/aromatic N) is 3. The smallest absolute Gasteiger partial charge is 0.240 e. The van der Waals surface area contributed by atoms with Gasteiger partial charge in [0.1, 0.15) is 22.6 Å². The van der Waals surface area contributed by atoms with Crippen molar-refractivity contribution in [1.82, 2.24) is 19.6 Å². The van der Waals surface area contributed by atoms with Crippen molar-refractivity contribution in [2.24, 2.45) is 17.3 Å². The van der Waals surface area contributed by atoms with Crippen LogP contribution in [0.4, 0.5) is 0 Å². The van der Waals surface area contributed by atoms with Gasteiger partial charge in [0.25, 0.3) is 0 Å². The molecule has 4 heterocycles. The number of methoxy groups -OCH3 is 1. The number of fused-ring (bicyclic) bond motifs is 3. The highest BCUT2D eigenvalue weighted by Crippen LogP contribution is 2.57. The summed E-state index contributed by atoms with van der Waals surface area (Å²) in [5, 5.41) is 4.64. The number of benzene rings is 2. The highest BCUT2D eigenvalue weighted by Gasteiger charge is 2.61. The summed E-state index contributed by atoms with van der Waals surface area (Å²) >= 11 is 14.2. The molecule has 1 saturated heterocycles. The van der Waals surface area contributed by atoms with Gasteiger partial charge in [-0.3, -0.25) is 19.1 Å². The molecular formula is C46H52Cl2N4O7S2. The molecule has 2 aliphatic carbocycles. The number of amides is 2. The number of nitrogens with one attached hydrogen (secondary N) is 1. The molecule has 4 aliphatic rings. The third-order valence-corrected chi connectivity index (χ3v) is 16.3. The van der Waals surface area contributed by atoms with Gasteiger partial charge in [-0.05, 0) is 111 Å². The summed E-state index contributed by atoms with van der Waals surface area (Å²) in [6.07, 6.45) is 9.05. The zero-order valence-electron chi connectivity index (χ0n) is 34.9. The minimum atomic E-state index is -3.85. The predicted molar refractivity (Wildman–Crippen MR) is 239 cm³/mol. The molecule has 2 aromatic heterocycles. The Hall–Kier alpha value is -4.04. The molecule has 8 rings (SSSR count).